The van der Waals surface area contributed by atoms with Gasteiger partial charge >= 0.3 is 0 Å². The van der Waals surface area contributed by atoms with E-state index < -0.39 is 0 Å². The minimum absolute atomic E-state index is 1.04. The summed E-state index contributed by atoms with van der Waals surface area (Å²) in [6, 6.07) is 4.07. The Hall–Kier alpha value is -1.29. The van der Waals surface area contributed by atoms with Gasteiger partial charge in [0, 0.05) is 11.9 Å². The average Bonchev–Trinajstić information content (AvgIpc) is 2.56. The van der Waals surface area contributed by atoms with Crippen LogP contribution in [0.15, 0.2) is 18.3 Å². The van der Waals surface area contributed by atoms with Gasteiger partial charge in [0.25, 0.3) is 0 Å². The number of aryl methyl sites for hydroxylation is 4. The first-order valence-electron chi connectivity index (χ1n) is 4.74. The third kappa shape index (κ3) is 4.65. The Morgan fingerprint density at radius 2 is 1.53 bits per heavy atom. The van der Waals surface area contributed by atoms with Gasteiger partial charge < -0.3 is 0 Å². The van der Waals surface area contributed by atoms with Crippen LogP contribution in [0.4, 0.5) is 0 Å². The van der Waals surface area contributed by atoms with E-state index in [0.717, 1.165) is 15.7 Å². The predicted octanol–water partition coefficient (Wildman–Crippen LogP) is 2.85. The number of hydrogen-bond donors (Lipinski definition) is 0. The molecule has 0 atom stereocenters. The molecule has 3 nitrogen and oxygen atoms in total. The number of hydrogen-bond acceptors (Lipinski definition) is 4. The monoisotopic (exact) mass is 221 g/mol. The highest BCUT2D eigenvalue weighted by molar-refractivity contribution is 7.11. The second-order valence-electron chi connectivity index (χ2n) is 3.32. The molecule has 0 amide bonds. The molecule has 15 heavy (non-hydrogen) atoms. The summed E-state index contributed by atoms with van der Waals surface area (Å²) in [4.78, 5) is 4.08. The van der Waals surface area contributed by atoms with Gasteiger partial charge in [-0.25, -0.2) is 0 Å². The van der Waals surface area contributed by atoms with Crippen LogP contribution in [-0.2, 0) is 0 Å². The van der Waals surface area contributed by atoms with E-state index in [4.69, 9.17) is 0 Å². The molecule has 0 N–H and O–H groups in total. The van der Waals surface area contributed by atoms with Gasteiger partial charge in [-0.2, -0.15) is 0 Å². The molecule has 0 aliphatic rings. The van der Waals surface area contributed by atoms with Crippen LogP contribution in [0.1, 0.15) is 21.3 Å². The number of rotatable bonds is 0. The molecule has 0 aliphatic heterocycles. The van der Waals surface area contributed by atoms with Gasteiger partial charge in [-0.1, -0.05) is 6.07 Å². The van der Waals surface area contributed by atoms with Crippen LogP contribution in [0.25, 0.3) is 0 Å². The molecule has 0 fully saturated rings. The molecule has 0 saturated heterocycles. The first kappa shape index (κ1) is 11.8. The number of nitrogens with zero attached hydrogens (tertiary/aromatic N) is 3. The highest BCUT2D eigenvalue weighted by Gasteiger charge is 1.88. The summed E-state index contributed by atoms with van der Waals surface area (Å²) >= 11 is 1.62. The standard InChI is InChI=1S/C7H9N.C4H6N2S/c1-6-3-4-7(2)8-5-6;1-3-5-6-4(2)7-3/h3-5H,1-2H3;1-2H3. The molecule has 0 aromatic carbocycles. The predicted molar refractivity (Wildman–Crippen MR) is 63.1 cm³/mol. The first-order valence-corrected chi connectivity index (χ1v) is 5.55. The molecular weight excluding hydrogens is 206 g/mol. The Balaban J connectivity index is 0.000000151. The van der Waals surface area contributed by atoms with Gasteiger partial charge in [0.1, 0.15) is 10.0 Å². The Kier molecular flexibility index (Phi) is 4.37. The van der Waals surface area contributed by atoms with E-state index in [1.54, 1.807) is 11.3 Å². The van der Waals surface area contributed by atoms with Crippen molar-refractivity contribution in [3.8, 4) is 0 Å². The summed E-state index contributed by atoms with van der Waals surface area (Å²) in [5.41, 5.74) is 2.30. The van der Waals surface area contributed by atoms with Crippen molar-refractivity contribution in [2.45, 2.75) is 27.7 Å². The van der Waals surface area contributed by atoms with Gasteiger partial charge in [0.05, 0.1) is 0 Å². The Morgan fingerprint density at radius 3 is 1.80 bits per heavy atom. The largest absolute Gasteiger partial charge is 0.261 e. The minimum Gasteiger partial charge on any atom is -0.261 e. The fourth-order valence-corrected chi connectivity index (χ4v) is 1.53. The summed E-state index contributed by atoms with van der Waals surface area (Å²) in [5.74, 6) is 0. The maximum absolute atomic E-state index is 4.08. The molecule has 2 aromatic rings. The van der Waals surface area contributed by atoms with E-state index in [9.17, 15) is 0 Å². The SMILES string of the molecule is Cc1ccc(C)nc1.Cc1nnc(C)s1. The molecule has 2 aromatic heterocycles. The zero-order valence-corrected chi connectivity index (χ0v) is 10.3. The third-order valence-electron chi connectivity index (χ3n) is 1.69. The fourth-order valence-electron chi connectivity index (χ4n) is 0.937. The molecule has 0 spiro atoms. The maximum Gasteiger partial charge on any atom is 0.114 e. The van der Waals surface area contributed by atoms with Crippen LogP contribution >= 0.6 is 11.3 Å². The van der Waals surface area contributed by atoms with Crippen molar-refractivity contribution in [1.82, 2.24) is 15.2 Å². The maximum atomic E-state index is 4.08. The molecule has 4 heteroatoms. The van der Waals surface area contributed by atoms with E-state index >= 15 is 0 Å². The van der Waals surface area contributed by atoms with Crippen molar-refractivity contribution in [1.29, 1.82) is 0 Å². The van der Waals surface area contributed by atoms with E-state index in [1.807, 2.05) is 40.0 Å². The first-order chi connectivity index (χ1) is 7.08. The number of aromatic nitrogens is 3. The molecule has 0 bridgehead atoms. The van der Waals surface area contributed by atoms with Gasteiger partial charge in [-0.15, -0.1) is 21.5 Å². The van der Waals surface area contributed by atoms with Crippen LogP contribution < -0.4 is 0 Å². The normalized spacial score (nSPS) is 9.33. The molecule has 0 saturated carbocycles. The van der Waals surface area contributed by atoms with Gasteiger partial charge in [0.15, 0.2) is 0 Å². The number of pyridine rings is 1. The zero-order chi connectivity index (χ0) is 11.3. The summed E-state index contributed by atoms with van der Waals surface area (Å²) in [5, 5.41) is 9.65. The molecule has 2 heterocycles. The molecule has 80 valence electrons. The highest BCUT2D eigenvalue weighted by atomic mass is 32.1. The average molecular weight is 221 g/mol. The minimum atomic E-state index is 1.04. The highest BCUT2D eigenvalue weighted by Crippen LogP contribution is 2.03. The van der Waals surface area contributed by atoms with E-state index in [1.165, 1.54) is 5.56 Å². The summed E-state index contributed by atoms with van der Waals surface area (Å²) in [6.45, 7) is 7.92. The van der Waals surface area contributed by atoms with Crippen molar-refractivity contribution in [2.75, 3.05) is 0 Å². The van der Waals surface area contributed by atoms with Gasteiger partial charge in [-0.05, 0) is 39.3 Å². The van der Waals surface area contributed by atoms with Gasteiger partial charge in [0.2, 0.25) is 0 Å². The summed E-state index contributed by atoms with van der Waals surface area (Å²) in [6.07, 6.45) is 1.87. The van der Waals surface area contributed by atoms with Crippen LogP contribution in [0.3, 0.4) is 0 Å². The van der Waals surface area contributed by atoms with Gasteiger partial charge in [-0.3, -0.25) is 4.98 Å². The van der Waals surface area contributed by atoms with Crippen LogP contribution in [-0.4, -0.2) is 15.2 Å². The lowest BCUT2D eigenvalue weighted by Crippen LogP contribution is -1.78. The molecule has 2 rings (SSSR count). The zero-order valence-electron chi connectivity index (χ0n) is 9.48. The lowest BCUT2D eigenvalue weighted by molar-refractivity contribution is 1.02. The Morgan fingerprint density at radius 1 is 0.933 bits per heavy atom. The van der Waals surface area contributed by atoms with Crippen LogP contribution in [0, 0.1) is 27.7 Å². The van der Waals surface area contributed by atoms with Crippen molar-refractivity contribution in [2.24, 2.45) is 0 Å². The van der Waals surface area contributed by atoms with Crippen molar-refractivity contribution in [3.05, 3.63) is 39.6 Å². The second-order valence-corrected chi connectivity index (χ2v) is 4.70. The second kappa shape index (κ2) is 5.56. The van der Waals surface area contributed by atoms with E-state index in [0.29, 0.717) is 0 Å². The topological polar surface area (TPSA) is 38.7 Å². The van der Waals surface area contributed by atoms with E-state index in [2.05, 4.69) is 21.2 Å². The Bertz CT molecular complexity index is 369. The van der Waals surface area contributed by atoms with E-state index in [-0.39, 0.29) is 0 Å². The quantitative estimate of drug-likeness (QED) is 0.686. The summed E-state index contributed by atoms with van der Waals surface area (Å²) in [7, 11) is 0. The van der Waals surface area contributed by atoms with Crippen LogP contribution in [0.5, 0.6) is 0 Å². The fraction of sp³-hybridized carbons (Fsp3) is 0.364. The lowest BCUT2D eigenvalue weighted by Gasteiger charge is -1.89. The Labute approximate surface area is 94.2 Å². The molecule has 0 radical (unpaired) electrons. The lowest BCUT2D eigenvalue weighted by atomic mass is 10.3. The summed E-state index contributed by atoms with van der Waals surface area (Å²) < 4.78 is 0. The van der Waals surface area contributed by atoms with Crippen LogP contribution in [0.2, 0.25) is 0 Å². The van der Waals surface area contributed by atoms with Crippen molar-refractivity contribution in [3.63, 3.8) is 0 Å². The van der Waals surface area contributed by atoms with Crippen molar-refractivity contribution < 1.29 is 0 Å². The van der Waals surface area contributed by atoms with Crippen molar-refractivity contribution >= 4 is 11.3 Å². The molecular formula is C11H15N3S. The molecule has 0 aliphatic carbocycles. The molecule has 0 unspecified atom stereocenters. The third-order valence-corrected chi connectivity index (χ3v) is 2.44. The smallest absolute Gasteiger partial charge is 0.114 e.